The number of benzene rings is 1. The average Bonchev–Trinajstić information content (AvgIpc) is 2.68. The zero-order valence-corrected chi connectivity index (χ0v) is 13.1. The number of rotatable bonds is 3. The van der Waals surface area contributed by atoms with E-state index in [2.05, 4.69) is 5.32 Å². The summed E-state index contributed by atoms with van der Waals surface area (Å²) in [6, 6.07) is 4.94. The van der Waals surface area contributed by atoms with E-state index in [4.69, 9.17) is 18.0 Å². The SMILES string of the molecule is Cc1c(O)cccc1C(=O)NC1(C(N)=S)CCCCCC1. The van der Waals surface area contributed by atoms with Gasteiger partial charge in [0.05, 0.1) is 10.5 Å². The van der Waals surface area contributed by atoms with Gasteiger partial charge in [-0.3, -0.25) is 4.79 Å². The summed E-state index contributed by atoms with van der Waals surface area (Å²) >= 11 is 5.23. The molecule has 0 unspecified atom stereocenters. The average molecular weight is 306 g/mol. The number of hydrogen-bond donors (Lipinski definition) is 3. The zero-order chi connectivity index (χ0) is 15.5. The van der Waals surface area contributed by atoms with Crippen LogP contribution in [0.15, 0.2) is 18.2 Å². The first-order valence-electron chi connectivity index (χ1n) is 7.37. The number of aromatic hydroxyl groups is 1. The van der Waals surface area contributed by atoms with Crippen LogP contribution in [-0.2, 0) is 0 Å². The van der Waals surface area contributed by atoms with Crippen molar-refractivity contribution in [1.29, 1.82) is 0 Å². The van der Waals surface area contributed by atoms with E-state index in [9.17, 15) is 9.90 Å². The fourth-order valence-corrected chi connectivity index (χ4v) is 3.17. The van der Waals surface area contributed by atoms with E-state index in [-0.39, 0.29) is 11.7 Å². The van der Waals surface area contributed by atoms with Crippen LogP contribution in [0.3, 0.4) is 0 Å². The van der Waals surface area contributed by atoms with Crippen molar-refractivity contribution in [2.45, 2.75) is 51.0 Å². The molecule has 2 rings (SSSR count). The van der Waals surface area contributed by atoms with E-state index in [0.717, 1.165) is 38.5 Å². The maximum Gasteiger partial charge on any atom is 0.252 e. The highest BCUT2D eigenvalue weighted by Gasteiger charge is 2.36. The van der Waals surface area contributed by atoms with Crippen molar-refractivity contribution in [1.82, 2.24) is 5.32 Å². The van der Waals surface area contributed by atoms with E-state index in [1.54, 1.807) is 25.1 Å². The third-order valence-corrected chi connectivity index (χ3v) is 4.72. The standard InChI is InChI=1S/C16H22N2O2S/c1-11-12(7-6-8-13(11)19)14(20)18-16(15(17)21)9-4-2-3-5-10-16/h6-8,19H,2-5,9-10H2,1H3,(H2,17,21)(H,18,20). The molecule has 0 heterocycles. The number of nitrogens with one attached hydrogen (secondary N) is 1. The Morgan fingerprint density at radius 3 is 2.48 bits per heavy atom. The van der Waals surface area contributed by atoms with Crippen LogP contribution in [0, 0.1) is 6.92 Å². The van der Waals surface area contributed by atoms with Crippen LogP contribution in [0.1, 0.15) is 54.4 Å². The number of phenolic OH excluding ortho intramolecular Hbond substituents is 1. The lowest BCUT2D eigenvalue weighted by Crippen LogP contribution is -2.56. The van der Waals surface area contributed by atoms with Gasteiger partial charge in [0.15, 0.2) is 0 Å². The molecule has 0 atom stereocenters. The molecule has 0 aromatic heterocycles. The Bertz CT molecular complexity index is 549. The van der Waals surface area contributed by atoms with Crippen LogP contribution in [0.25, 0.3) is 0 Å². The molecule has 1 amide bonds. The number of carbonyl (C=O) groups is 1. The highest BCUT2D eigenvalue weighted by atomic mass is 32.1. The van der Waals surface area contributed by atoms with Crippen molar-refractivity contribution in [3.8, 4) is 5.75 Å². The van der Waals surface area contributed by atoms with Gasteiger partial charge >= 0.3 is 0 Å². The first-order valence-corrected chi connectivity index (χ1v) is 7.78. The smallest absolute Gasteiger partial charge is 0.252 e. The molecule has 0 bridgehead atoms. The summed E-state index contributed by atoms with van der Waals surface area (Å²) < 4.78 is 0. The van der Waals surface area contributed by atoms with Gasteiger partial charge in [-0.15, -0.1) is 0 Å². The lowest BCUT2D eigenvalue weighted by Gasteiger charge is -2.33. The van der Waals surface area contributed by atoms with Crippen LogP contribution >= 0.6 is 12.2 Å². The molecule has 4 N–H and O–H groups in total. The topological polar surface area (TPSA) is 75.3 Å². The summed E-state index contributed by atoms with van der Waals surface area (Å²) in [5.74, 6) is -0.106. The number of carbonyl (C=O) groups excluding carboxylic acids is 1. The number of hydrogen-bond acceptors (Lipinski definition) is 3. The van der Waals surface area contributed by atoms with Gasteiger partial charge in [-0.25, -0.2) is 0 Å². The molecular weight excluding hydrogens is 284 g/mol. The predicted octanol–water partition coefficient (Wildman–Crippen LogP) is 2.81. The molecule has 0 spiro atoms. The fourth-order valence-electron chi connectivity index (χ4n) is 2.92. The molecule has 114 valence electrons. The molecule has 1 aromatic rings. The van der Waals surface area contributed by atoms with E-state index in [0.29, 0.717) is 16.1 Å². The molecule has 0 radical (unpaired) electrons. The van der Waals surface area contributed by atoms with E-state index in [1.165, 1.54) is 0 Å². The molecule has 5 heteroatoms. The summed E-state index contributed by atoms with van der Waals surface area (Å²) in [6.45, 7) is 1.73. The quantitative estimate of drug-likeness (QED) is 0.593. The third kappa shape index (κ3) is 3.35. The second-order valence-corrected chi connectivity index (χ2v) is 6.20. The maximum atomic E-state index is 12.6. The van der Waals surface area contributed by atoms with Crippen LogP contribution in [-0.4, -0.2) is 21.5 Å². The zero-order valence-electron chi connectivity index (χ0n) is 12.3. The Labute approximate surface area is 130 Å². The maximum absolute atomic E-state index is 12.6. The Kier molecular flexibility index (Phi) is 4.83. The van der Waals surface area contributed by atoms with Gasteiger partial charge in [0.1, 0.15) is 5.75 Å². The minimum Gasteiger partial charge on any atom is -0.508 e. The summed E-state index contributed by atoms with van der Waals surface area (Å²) in [5, 5.41) is 12.8. The van der Waals surface area contributed by atoms with Gasteiger partial charge in [-0.2, -0.15) is 0 Å². The second-order valence-electron chi connectivity index (χ2n) is 5.76. The van der Waals surface area contributed by atoms with Crippen LogP contribution in [0.4, 0.5) is 0 Å². The normalized spacial score (nSPS) is 17.8. The minimum absolute atomic E-state index is 0.118. The largest absolute Gasteiger partial charge is 0.508 e. The second kappa shape index (κ2) is 6.43. The highest BCUT2D eigenvalue weighted by Crippen LogP contribution is 2.29. The van der Waals surface area contributed by atoms with Gasteiger partial charge in [0.25, 0.3) is 5.91 Å². The van der Waals surface area contributed by atoms with Crippen LogP contribution < -0.4 is 11.1 Å². The highest BCUT2D eigenvalue weighted by molar-refractivity contribution is 7.80. The van der Waals surface area contributed by atoms with Gasteiger partial charge in [-0.05, 0) is 31.9 Å². The first kappa shape index (κ1) is 15.8. The predicted molar refractivity (Wildman–Crippen MR) is 87.5 cm³/mol. The number of amides is 1. The Morgan fingerprint density at radius 1 is 1.29 bits per heavy atom. The number of phenols is 1. The molecule has 0 saturated heterocycles. The van der Waals surface area contributed by atoms with Gasteiger partial charge in [0, 0.05) is 11.1 Å². The Balaban J connectivity index is 2.26. The van der Waals surface area contributed by atoms with Gasteiger partial charge in [-0.1, -0.05) is 44.0 Å². The minimum atomic E-state index is -0.596. The van der Waals surface area contributed by atoms with Crippen LogP contribution in [0.2, 0.25) is 0 Å². The summed E-state index contributed by atoms with van der Waals surface area (Å²) in [6.07, 6.45) is 5.88. The lowest BCUT2D eigenvalue weighted by molar-refractivity contribution is 0.0916. The van der Waals surface area contributed by atoms with Crippen molar-refractivity contribution in [2.24, 2.45) is 5.73 Å². The lowest BCUT2D eigenvalue weighted by atomic mass is 9.89. The van der Waals surface area contributed by atoms with Crippen molar-refractivity contribution in [3.63, 3.8) is 0 Å². The molecule has 1 saturated carbocycles. The summed E-state index contributed by atoms with van der Waals surface area (Å²) in [4.78, 5) is 12.9. The Hall–Kier alpha value is -1.62. The Morgan fingerprint density at radius 2 is 1.90 bits per heavy atom. The number of nitrogens with two attached hydrogens (primary N) is 1. The molecule has 1 aliphatic carbocycles. The first-order chi connectivity index (χ1) is 9.96. The van der Waals surface area contributed by atoms with Gasteiger partial charge in [0.2, 0.25) is 0 Å². The number of thiocarbonyl (C=S) groups is 1. The third-order valence-electron chi connectivity index (χ3n) is 4.33. The molecule has 1 aliphatic rings. The van der Waals surface area contributed by atoms with Crippen molar-refractivity contribution in [3.05, 3.63) is 29.3 Å². The van der Waals surface area contributed by atoms with E-state index in [1.807, 2.05) is 0 Å². The van der Waals surface area contributed by atoms with E-state index >= 15 is 0 Å². The molecule has 1 aromatic carbocycles. The van der Waals surface area contributed by atoms with Crippen LogP contribution in [0.5, 0.6) is 5.75 Å². The van der Waals surface area contributed by atoms with Crippen molar-refractivity contribution in [2.75, 3.05) is 0 Å². The van der Waals surface area contributed by atoms with Crippen molar-refractivity contribution < 1.29 is 9.90 Å². The summed E-state index contributed by atoms with van der Waals surface area (Å²) in [7, 11) is 0. The molecular formula is C16H22N2O2S. The fraction of sp³-hybridized carbons (Fsp3) is 0.500. The molecule has 4 nitrogen and oxygen atoms in total. The molecule has 21 heavy (non-hydrogen) atoms. The van der Waals surface area contributed by atoms with Crippen molar-refractivity contribution >= 4 is 23.1 Å². The monoisotopic (exact) mass is 306 g/mol. The van der Waals surface area contributed by atoms with Gasteiger partial charge < -0.3 is 16.2 Å². The molecule has 1 fully saturated rings. The molecule has 0 aliphatic heterocycles. The summed E-state index contributed by atoms with van der Waals surface area (Å²) in [5.41, 5.74) is 6.38. The van der Waals surface area contributed by atoms with E-state index < -0.39 is 5.54 Å².